The van der Waals surface area contributed by atoms with Crippen LogP contribution in [0.2, 0.25) is 0 Å². The van der Waals surface area contributed by atoms with E-state index in [-0.39, 0.29) is 5.25 Å². The molecule has 0 atom stereocenters. The molecule has 0 unspecified atom stereocenters. The minimum atomic E-state index is -2.88. The predicted molar refractivity (Wildman–Crippen MR) is 46.4 cm³/mol. The van der Waals surface area contributed by atoms with Gasteiger partial charge >= 0.3 is 0 Å². The highest BCUT2D eigenvalue weighted by Crippen LogP contribution is 2.32. The summed E-state index contributed by atoms with van der Waals surface area (Å²) < 4.78 is 24.7. The van der Waals surface area contributed by atoms with E-state index in [9.17, 15) is 8.42 Å². The molecule has 1 aliphatic heterocycles. The van der Waals surface area contributed by atoms with Crippen LogP contribution in [0.4, 0.5) is 0 Å². The number of hydrogen-bond acceptors (Lipinski definition) is 3. The van der Waals surface area contributed by atoms with Crippen molar-refractivity contribution >= 4 is 10.0 Å². The van der Waals surface area contributed by atoms with Gasteiger partial charge in [0.15, 0.2) is 0 Å². The molecule has 0 amide bonds. The summed E-state index contributed by atoms with van der Waals surface area (Å²) in [6.07, 6.45) is 1.73. The van der Waals surface area contributed by atoms with Crippen LogP contribution in [0.15, 0.2) is 0 Å². The van der Waals surface area contributed by atoms with Crippen LogP contribution in [0.1, 0.15) is 12.8 Å². The van der Waals surface area contributed by atoms with Gasteiger partial charge in [-0.25, -0.2) is 8.42 Å². The van der Waals surface area contributed by atoms with Crippen molar-refractivity contribution in [3.8, 4) is 0 Å². The summed E-state index contributed by atoms with van der Waals surface area (Å²) in [7, 11) is -1.01. The summed E-state index contributed by atoms with van der Waals surface area (Å²) in [6, 6.07) is 0.374. The van der Waals surface area contributed by atoms with Crippen LogP contribution in [-0.2, 0) is 10.0 Å². The maximum Gasteiger partial charge on any atom is 0.217 e. The lowest BCUT2D eigenvalue weighted by atomic mass is 10.2. The largest absolute Gasteiger partial charge is 0.314 e. The van der Waals surface area contributed by atoms with Gasteiger partial charge in [0.2, 0.25) is 10.0 Å². The third-order valence-electron chi connectivity index (χ3n) is 2.56. The molecule has 0 aromatic rings. The molecule has 12 heavy (non-hydrogen) atoms. The molecule has 1 heterocycles. The Balaban J connectivity index is 1.94. The van der Waals surface area contributed by atoms with E-state index < -0.39 is 10.0 Å². The van der Waals surface area contributed by atoms with E-state index >= 15 is 0 Å². The first kappa shape index (κ1) is 8.47. The van der Waals surface area contributed by atoms with Crippen LogP contribution in [0.25, 0.3) is 0 Å². The molecule has 4 nitrogen and oxygen atoms in total. The van der Waals surface area contributed by atoms with E-state index in [1.807, 2.05) is 7.05 Å². The van der Waals surface area contributed by atoms with Crippen molar-refractivity contribution in [2.24, 2.45) is 0 Å². The van der Waals surface area contributed by atoms with Crippen molar-refractivity contribution < 1.29 is 8.42 Å². The summed E-state index contributed by atoms with van der Waals surface area (Å²) in [5.41, 5.74) is 0. The Morgan fingerprint density at radius 3 is 2.33 bits per heavy atom. The van der Waals surface area contributed by atoms with Crippen LogP contribution in [0, 0.1) is 0 Å². The molecule has 2 fully saturated rings. The minimum Gasteiger partial charge on any atom is -0.314 e. The fourth-order valence-corrected chi connectivity index (χ4v) is 3.33. The van der Waals surface area contributed by atoms with Gasteiger partial charge < -0.3 is 5.32 Å². The summed E-state index contributed by atoms with van der Waals surface area (Å²) in [4.78, 5) is 0. The lowest BCUT2D eigenvalue weighted by molar-refractivity contribution is 0.236. The monoisotopic (exact) mass is 190 g/mol. The first-order chi connectivity index (χ1) is 5.64. The highest BCUT2D eigenvalue weighted by Gasteiger charge is 2.44. The summed E-state index contributed by atoms with van der Waals surface area (Å²) >= 11 is 0. The molecule has 2 aliphatic rings. The van der Waals surface area contributed by atoms with Crippen molar-refractivity contribution in [1.82, 2.24) is 9.62 Å². The molecule has 1 N–H and O–H groups in total. The average molecular weight is 190 g/mol. The number of nitrogens with one attached hydrogen (secondary N) is 1. The summed E-state index contributed by atoms with van der Waals surface area (Å²) in [6.45, 7) is 1.32. The number of likely N-dealkylation sites (N-methyl/N-ethyl adjacent to an activating group) is 1. The number of hydrogen-bond donors (Lipinski definition) is 1. The van der Waals surface area contributed by atoms with Crippen LogP contribution in [-0.4, -0.2) is 44.2 Å². The lowest BCUT2D eigenvalue weighted by Gasteiger charge is -2.37. The molecule has 0 aromatic heterocycles. The van der Waals surface area contributed by atoms with Gasteiger partial charge in [-0.2, -0.15) is 4.31 Å². The maximum atomic E-state index is 11.5. The van der Waals surface area contributed by atoms with Crippen molar-refractivity contribution in [3.05, 3.63) is 0 Å². The van der Waals surface area contributed by atoms with E-state index in [4.69, 9.17) is 0 Å². The molecule has 1 saturated heterocycles. The average Bonchev–Trinajstić information content (AvgIpc) is 2.63. The summed E-state index contributed by atoms with van der Waals surface area (Å²) in [5.74, 6) is 0. The molecule has 1 saturated carbocycles. The minimum absolute atomic E-state index is 0.0460. The van der Waals surface area contributed by atoms with Crippen LogP contribution in [0.3, 0.4) is 0 Å². The van der Waals surface area contributed by atoms with E-state index in [1.165, 1.54) is 0 Å². The number of sulfonamides is 1. The number of nitrogens with zero attached hydrogens (tertiary/aromatic N) is 1. The quantitative estimate of drug-likeness (QED) is 0.645. The third kappa shape index (κ3) is 1.26. The van der Waals surface area contributed by atoms with Gasteiger partial charge in [-0.1, -0.05) is 0 Å². The molecular weight excluding hydrogens is 176 g/mol. The van der Waals surface area contributed by atoms with Gasteiger partial charge in [0.05, 0.1) is 5.25 Å². The zero-order valence-corrected chi connectivity index (χ0v) is 7.97. The van der Waals surface area contributed by atoms with Crippen molar-refractivity contribution in [1.29, 1.82) is 0 Å². The molecule has 70 valence electrons. The smallest absolute Gasteiger partial charge is 0.217 e. The Bertz CT molecular complexity index is 265. The molecule has 0 bridgehead atoms. The maximum absolute atomic E-state index is 11.5. The topological polar surface area (TPSA) is 49.4 Å². The Morgan fingerprint density at radius 2 is 1.92 bits per heavy atom. The van der Waals surface area contributed by atoms with Gasteiger partial charge in [-0.3, -0.25) is 0 Å². The first-order valence-corrected chi connectivity index (χ1v) is 5.81. The van der Waals surface area contributed by atoms with E-state index in [1.54, 1.807) is 4.31 Å². The second-order valence-electron chi connectivity index (χ2n) is 3.55. The molecular formula is C7H14N2O2S. The fourth-order valence-electron chi connectivity index (χ4n) is 1.41. The van der Waals surface area contributed by atoms with Gasteiger partial charge in [0.25, 0.3) is 0 Å². The van der Waals surface area contributed by atoms with E-state index in [2.05, 4.69) is 5.32 Å². The van der Waals surface area contributed by atoms with Gasteiger partial charge in [0.1, 0.15) is 0 Å². The SMILES string of the molecule is CNC1CN(S(=O)(=O)C2CC2)C1. The molecule has 5 heteroatoms. The lowest BCUT2D eigenvalue weighted by Crippen LogP contribution is -2.59. The standard InChI is InChI=1S/C7H14N2O2S/c1-8-6-4-9(5-6)12(10,11)7-2-3-7/h6-8H,2-5H2,1H3. The zero-order chi connectivity index (χ0) is 8.77. The van der Waals surface area contributed by atoms with Gasteiger partial charge in [-0.15, -0.1) is 0 Å². The summed E-state index contributed by atoms with van der Waals surface area (Å²) in [5, 5.41) is 3.01. The van der Waals surface area contributed by atoms with Crippen molar-refractivity contribution in [2.75, 3.05) is 20.1 Å². The Hall–Kier alpha value is -0.130. The molecule has 0 radical (unpaired) electrons. The molecule has 0 aromatic carbocycles. The van der Waals surface area contributed by atoms with Crippen LogP contribution < -0.4 is 5.32 Å². The first-order valence-electron chi connectivity index (χ1n) is 4.31. The second-order valence-corrected chi connectivity index (χ2v) is 5.76. The van der Waals surface area contributed by atoms with Gasteiger partial charge in [-0.05, 0) is 19.9 Å². The van der Waals surface area contributed by atoms with Crippen molar-refractivity contribution in [2.45, 2.75) is 24.1 Å². The van der Waals surface area contributed by atoms with Gasteiger partial charge in [0, 0.05) is 19.1 Å². The van der Waals surface area contributed by atoms with E-state index in [0.717, 1.165) is 12.8 Å². The Kier molecular flexibility index (Phi) is 1.89. The predicted octanol–water partition coefficient (Wildman–Crippen LogP) is -0.618. The number of rotatable bonds is 3. The third-order valence-corrected chi connectivity index (χ3v) is 4.89. The second kappa shape index (κ2) is 2.68. The zero-order valence-electron chi connectivity index (χ0n) is 7.16. The molecule has 1 aliphatic carbocycles. The fraction of sp³-hybridized carbons (Fsp3) is 1.00. The van der Waals surface area contributed by atoms with Crippen LogP contribution in [0.5, 0.6) is 0 Å². The van der Waals surface area contributed by atoms with Crippen molar-refractivity contribution in [3.63, 3.8) is 0 Å². The highest BCUT2D eigenvalue weighted by molar-refractivity contribution is 7.90. The van der Waals surface area contributed by atoms with E-state index in [0.29, 0.717) is 19.1 Å². The molecule has 0 spiro atoms. The Morgan fingerprint density at radius 1 is 1.33 bits per heavy atom. The molecule has 2 rings (SSSR count). The normalized spacial score (nSPS) is 27.1. The van der Waals surface area contributed by atoms with Crippen LogP contribution >= 0.6 is 0 Å². The highest BCUT2D eigenvalue weighted by atomic mass is 32.2. The Labute approximate surface area is 73.0 Å².